The third-order valence-electron chi connectivity index (χ3n) is 3.20. The predicted octanol–water partition coefficient (Wildman–Crippen LogP) is 2.12. The zero-order chi connectivity index (χ0) is 19.3. The number of nitrogens with zero attached hydrogens (tertiary/aromatic N) is 2. The summed E-state index contributed by atoms with van der Waals surface area (Å²) in [6, 6.07) is 7.66. The highest BCUT2D eigenvalue weighted by atomic mass is 32.2. The third kappa shape index (κ3) is 5.46. The number of hydrogen-bond acceptors (Lipinski definition) is 6. The molecule has 0 aliphatic carbocycles. The molecule has 8 nitrogen and oxygen atoms in total. The first kappa shape index (κ1) is 19.7. The minimum absolute atomic E-state index is 0.0214. The number of rotatable bonds is 5. The molecule has 0 aliphatic rings. The number of sulfonamides is 1. The van der Waals surface area contributed by atoms with Gasteiger partial charge in [0.1, 0.15) is 0 Å². The van der Waals surface area contributed by atoms with Crippen molar-refractivity contribution in [3.8, 4) is 0 Å². The van der Waals surface area contributed by atoms with E-state index in [9.17, 15) is 13.2 Å². The predicted molar refractivity (Wildman–Crippen MR) is 103 cm³/mol. The van der Waals surface area contributed by atoms with Crippen molar-refractivity contribution in [3.05, 3.63) is 41.7 Å². The SMILES string of the molecule is CCC(=O)NC(=S)Nc1ccc(S(=O)(=O)Nc2nc(C)cc(C)n2)cc1. The van der Waals surface area contributed by atoms with Crippen molar-refractivity contribution in [2.24, 2.45) is 0 Å². The summed E-state index contributed by atoms with van der Waals surface area (Å²) in [7, 11) is -3.82. The Kier molecular flexibility index (Phi) is 6.22. The van der Waals surface area contributed by atoms with Gasteiger partial charge in [0, 0.05) is 23.5 Å². The second-order valence-corrected chi connectivity index (χ2v) is 7.55. The minimum atomic E-state index is -3.82. The molecule has 1 amide bonds. The van der Waals surface area contributed by atoms with Gasteiger partial charge in [0.05, 0.1) is 4.90 Å². The van der Waals surface area contributed by atoms with Crippen LogP contribution in [0.3, 0.4) is 0 Å². The van der Waals surface area contributed by atoms with Gasteiger partial charge in [-0.25, -0.2) is 23.1 Å². The number of amides is 1. The largest absolute Gasteiger partial charge is 0.332 e. The van der Waals surface area contributed by atoms with Crippen LogP contribution in [0.1, 0.15) is 24.7 Å². The molecule has 26 heavy (non-hydrogen) atoms. The van der Waals surface area contributed by atoms with E-state index < -0.39 is 10.0 Å². The Morgan fingerprint density at radius 2 is 1.69 bits per heavy atom. The number of thiocarbonyl (C=S) groups is 1. The van der Waals surface area contributed by atoms with Gasteiger partial charge in [0.25, 0.3) is 10.0 Å². The van der Waals surface area contributed by atoms with Crippen LogP contribution in [0.15, 0.2) is 35.2 Å². The zero-order valence-electron chi connectivity index (χ0n) is 14.5. The maximum absolute atomic E-state index is 12.4. The number of aryl methyl sites for hydroxylation is 2. The summed E-state index contributed by atoms with van der Waals surface area (Å²) in [5.41, 5.74) is 1.88. The molecule has 0 radical (unpaired) electrons. The van der Waals surface area contributed by atoms with Gasteiger partial charge < -0.3 is 10.6 Å². The highest BCUT2D eigenvalue weighted by Crippen LogP contribution is 2.17. The van der Waals surface area contributed by atoms with Crippen molar-refractivity contribution >= 4 is 44.9 Å². The van der Waals surface area contributed by atoms with Crippen molar-refractivity contribution in [1.82, 2.24) is 15.3 Å². The first-order chi connectivity index (χ1) is 12.2. The van der Waals surface area contributed by atoms with Crippen molar-refractivity contribution in [1.29, 1.82) is 0 Å². The normalized spacial score (nSPS) is 10.9. The number of anilines is 2. The number of carbonyl (C=O) groups excluding carboxylic acids is 1. The van der Waals surface area contributed by atoms with Crippen molar-refractivity contribution in [2.75, 3.05) is 10.0 Å². The summed E-state index contributed by atoms with van der Waals surface area (Å²) in [5, 5.41) is 5.46. The molecule has 0 saturated carbocycles. The van der Waals surface area contributed by atoms with Crippen LogP contribution in [0.4, 0.5) is 11.6 Å². The monoisotopic (exact) mass is 393 g/mol. The Balaban J connectivity index is 2.11. The lowest BCUT2D eigenvalue weighted by molar-refractivity contribution is -0.119. The van der Waals surface area contributed by atoms with E-state index in [1.54, 1.807) is 39.0 Å². The summed E-state index contributed by atoms with van der Waals surface area (Å²) >= 11 is 5.01. The fourth-order valence-corrected chi connectivity index (χ4v) is 3.22. The summed E-state index contributed by atoms with van der Waals surface area (Å²) in [5.74, 6) is -0.187. The Morgan fingerprint density at radius 3 is 2.23 bits per heavy atom. The third-order valence-corrected chi connectivity index (χ3v) is 4.75. The van der Waals surface area contributed by atoms with E-state index in [1.165, 1.54) is 12.1 Å². The fourth-order valence-electron chi connectivity index (χ4n) is 2.05. The topological polar surface area (TPSA) is 113 Å². The summed E-state index contributed by atoms with van der Waals surface area (Å²) < 4.78 is 27.3. The number of carbonyl (C=O) groups is 1. The van der Waals surface area contributed by atoms with Crippen molar-refractivity contribution in [2.45, 2.75) is 32.1 Å². The number of nitrogens with one attached hydrogen (secondary N) is 3. The van der Waals surface area contributed by atoms with Crippen LogP contribution in [-0.2, 0) is 14.8 Å². The van der Waals surface area contributed by atoms with Crippen LogP contribution in [0.5, 0.6) is 0 Å². The molecule has 3 N–H and O–H groups in total. The maximum Gasteiger partial charge on any atom is 0.264 e. The van der Waals surface area contributed by atoms with Crippen molar-refractivity contribution < 1.29 is 13.2 Å². The van der Waals surface area contributed by atoms with E-state index in [4.69, 9.17) is 12.2 Å². The first-order valence-corrected chi connectivity index (χ1v) is 9.65. The van der Waals surface area contributed by atoms with E-state index >= 15 is 0 Å². The Bertz CT molecular complexity index is 907. The average Bonchev–Trinajstić information content (AvgIpc) is 2.53. The second kappa shape index (κ2) is 8.19. The van der Waals surface area contributed by atoms with Crippen LogP contribution in [-0.4, -0.2) is 29.4 Å². The van der Waals surface area contributed by atoms with Gasteiger partial charge >= 0.3 is 0 Å². The molecule has 1 aromatic carbocycles. The highest BCUT2D eigenvalue weighted by Gasteiger charge is 2.16. The summed E-state index contributed by atoms with van der Waals surface area (Å²) in [4.78, 5) is 19.5. The van der Waals surface area contributed by atoms with Gasteiger partial charge in [-0.2, -0.15) is 0 Å². The summed E-state index contributed by atoms with van der Waals surface area (Å²) in [6.07, 6.45) is 0.311. The average molecular weight is 393 g/mol. The molecule has 0 aliphatic heterocycles. The molecule has 1 aromatic heterocycles. The van der Waals surface area contributed by atoms with Gasteiger partial charge in [-0.15, -0.1) is 0 Å². The smallest absolute Gasteiger partial charge is 0.264 e. The lowest BCUT2D eigenvalue weighted by Gasteiger charge is -2.10. The minimum Gasteiger partial charge on any atom is -0.332 e. The zero-order valence-corrected chi connectivity index (χ0v) is 16.2. The summed E-state index contributed by atoms with van der Waals surface area (Å²) in [6.45, 7) is 5.23. The van der Waals surface area contributed by atoms with Gasteiger partial charge in [-0.1, -0.05) is 6.92 Å². The molecule has 0 saturated heterocycles. The Hall–Kier alpha value is -2.59. The first-order valence-electron chi connectivity index (χ1n) is 7.75. The molecule has 0 spiro atoms. The van der Waals surface area contributed by atoms with E-state index in [-0.39, 0.29) is 21.9 Å². The quantitative estimate of drug-likeness (QED) is 0.667. The Morgan fingerprint density at radius 1 is 1.12 bits per heavy atom. The lowest BCUT2D eigenvalue weighted by atomic mass is 10.3. The second-order valence-electron chi connectivity index (χ2n) is 5.46. The van der Waals surface area contributed by atoms with Crippen molar-refractivity contribution in [3.63, 3.8) is 0 Å². The lowest BCUT2D eigenvalue weighted by Crippen LogP contribution is -2.33. The Labute approximate surface area is 157 Å². The molecule has 0 fully saturated rings. The van der Waals surface area contributed by atoms with Crippen LogP contribution in [0, 0.1) is 13.8 Å². The highest BCUT2D eigenvalue weighted by molar-refractivity contribution is 7.92. The fraction of sp³-hybridized carbons (Fsp3) is 0.250. The molecule has 1 heterocycles. The number of aromatic nitrogens is 2. The molecule has 10 heteroatoms. The molecule has 2 rings (SSSR count). The molecule has 0 atom stereocenters. The molecule has 138 valence electrons. The molecular formula is C16H19N5O3S2. The van der Waals surface area contributed by atoms with Gasteiger partial charge in [0.15, 0.2) is 5.11 Å². The van der Waals surface area contributed by atoms with E-state index in [1.807, 2.05) is 0 Å². The van der Waals surface area contributed by atoms with E-state index in [2.05, 4.69) is 25.3 Å². The van der Waals surface area contributed by atoms with Gasteiger partial charge in [-0.05, 0) is 56.4 Å². The van der Waals surface area contributed by atoms with Gasteiger partial charge in [-0.3, -0.25) is 4.79 Å². The van der Waals surface area contributed by atoms with Crippen LogP contribution >= 0.6 is 12.2 Å². The van der Waals surface area contributed by atoms with Crippen LogP contribution in [0.2, 0.25) is 0 Å². The number of hydrogen-bond donors (Lipinski definition) is 3. The number of benzene rings is 1. The van der Waals surface area contributed by atoms with E-state index in [0.717, 1.165) is 0 Å². The van der Waals surface area contributed by atoms with Crippen LogP contribution < -0.4 is 15.4 Å². The van der Waals surface area contributed by atoms with E-state index in [0.29, 0.717) is 23.5 Å². The molecule has 0 unspecified atom stereocenters. The molecule has 2 aromatic rings. The molecular weight excluding hydrogens is 374 g/mol. The maximum atomic E-state index is 12.4. The van der Waals surface area contributed by atoms with Crippen LogP contribution in [0.25, 0.3) is 0 Å². The standard InChI is InChI=1S/C16H19N5O3S2/c1-4-14(22)20-16(25)19-12-5-7-13(8-6-12)26(23,24)21-15-17-10(2)9-11(3)18-15/h5-9H,4H2,1-3H3,(H,17,18,21)(H2,19,20,22,25). The van der Waals surface area contributed by atoms with Gasteiger partial charge in [0.2, 0.25) is 11.9 Å². The molecule has 0 bridgehead atoms.